The number of likely N-dealkylation sites (tertiary alicyclic amines) is 1. The molecular formula is C25H29NO5. The van der Waals surface area contributed by atoms with E-state index in [1.54, 1.807) is 42.3 Å². The molecular weight excluding hydrogens is 394 g/mol. The van der Waals surface area contributed by atoms with Crippen LogP contribution in [0.4, 0.5) is 0 Å². The summed E-state index contributed by atoms with van der Waals surface area (Å²) in [6, 6.07) is 12.0. The van der Waals surface area contributed by atoms with E-state index in [9.17, 15) is 14.7 Å². The lowest BCUT2D eigenvalue weighted by molar-refractivity contribution is -0.139. The van der Waals surface area contributed by atoms with Crippen molar-refractivity contribution in [3.63, 3.8) is 0 Å². The molecule has 31 heavy (non-hydrogen) atoms. The largest absolute Gasteiger partial charge is 0.507 e. The van der Waals surface area contributed by atoms with Crippen LogP contribution in [-0.4, -0.2) is 42.5 Å². The molecule has 1 saturated heterocycles. The average molecular weight is 424 g/mol. The van der Waals surface area contributed by atoms with Crippen LogP contribution in [0.25, 0.3) is 5.76 Å². The topological polar surface area (TPSA) is 76.1 Å². The number of carbonyl (C=O) groups is 2. The first-order chi connectivity index (χ1) is 15.0. The summed E-state index contributed by atoms with van der Waals surface area (Å²) in [6.45, 7) is 4.49. The fourth-order valence-electron chi connectivity index (χ4n) is 3.86. The van der Waals surface area contributed by atoms with Crippen LogP contribution in [0.5, 0.6) is 11.5 Å². The zero-order valence-electron chi connectivity index (χ0n) is 18.5. The van der Waals surface area contributed by atoms with Gasteiger partial charge in [0.15, 0.2) is 11.5 Å². The van der Waals surface area contributed by atoms with E-state index in [2.05, 4.69) is 0 Å². The third kappa shape index (κ3) is 4.29. The Morgan fingerprint density at radius 2 is 1.68 bits per heavy atom. The van der Waals surface area contributed by atoms with Crippen molar-refractivity contribution in [1.82, 2.24) is 4.90 Å². The van der Waals surface area contributed by atoms with Gasteiger partial charge in [0, 0.05) is 12.1 Å². The van der Waals surface area contributed by atoms with Gasteiger partial charge in [-0.25, -0.2) is 0 Å². The highest BCUT2D eigenvalue weighted by Gasteiger charge is 2.45. The van der Waals surface area contributed by atoms with Gasteiger partial charge in [0.25, 0.3) is 11.7 Å². The molecule has 0 bridgehead atoms. The zero-order valence-corrected chi connectivity index (χ0v) is 18.5. The van der Waals surface area contributed by atoms with Crippen LogP contribution in [0.3, 0.4) is 0 Å². The number of Topliss-reactive ketones (excluding diaryl/α,β-unsaturated/α-hetero) is 1. The molecule has 1 aliphatic rings. The van der Waals surface area contributed by atoms with E-state index in [4.69, 9.17) is 9.47 Å². The number of ketones is 1. The van der Waals surface area contributed by atoms with Gasteiger partial charge in [-0.1, -0.05) is 50.6 Å². The van der Waals surface area contributed by atoms with E-state index in [0.29, 0.717) is 29.2 Å². The van der Waals surface area contributed by atoms with Gasteiger partial charge in [0.1, 0.15) is 5.76 Å². The molecule has 164 valence electrons. The number of nitrogens with zero attached hydrogens (tertiary/aromatic N) is 1. The number of hydrogen-bond donors (Lipinski definition) is 1. The molecule has 0 saturated carbocycles. The van der Waals surface area contributed by atoms with Crippen LogP contribution in [0.15, 0.2) is 48.0 Å². The SMILES string of the molecule is CCCCN1C(=O)C(=O)/C(=C(\O)c2ccc(CC)cc2)C1c1ccc(OC)c(OC)c1. The number of aryl methyl sites for hydroxylation is 1. The number of hydrogen-bond acceptors (Lipinski definition) is 5. The highest BCUT2D eigenvalue weighted by molar-refractivity contribution is 6.46. The van der Waals surface area contributed by atoms with Crippen LogP contribution >= 0.6 is 0 Å². The maximum absolute atomic E-state index is 13.0. The summed E-state index contributed by atoms with van der Waals surface area (Å²) < 4.78 is 10.7. The second-order valence-corrected chi connectivity index (χ2v) is 7.51. The number of methoxy groups -OCH3 is 2. The quantitative estimate of drug-likeness (QED) is 0.385. The molecule has 6 heteroatoms. The van der Waals surface area contributed by atoms with E-state index >= 15 is 0 Å². The van der Waals surface area contributed by atoms with Crippen molar-refractivity contribution in [3.05, 3.63) is 64.7 Å². The minimum Gasteiger partial charge on any atom is -0.507 e. The van der Waals surface area contributed by atoms with Crippen molar-refractivity contribution in [1.29, 1.82) is 0 Å². The third-order valence-corrected chi connectivity index (χ3v) is 5.65. The maximum atomic E-state index is 13.0. The molecule has 1 unspecified atom stereocenters. The minimum atomic E-state index is -0.697. The molecule has 2 aromatic carbocycles. The summed E-state index contributed by atoms with van der Waals surface area (Å²) in [5, 5.41) is 11.1. The first-order valence-electron chi connectivity index (χ1n) is 10.6. The van der Waals surface area contributed by atoms with Crippen molar-refractivity contribution in [3.8, 4) is 11.5 Å². The maximum Gasteiger partial charge on any atom is 0.295 e. The number of carbonyl (C=O) groups excluding carboxylic acids is 2. The highest BCUT2D eigenvalue weighted by Crippen LogP contribution is 2.42. The molecule has 1 aliphatic heterocycles. The molecule has 0 spiro atoms. The first-order valence-corrected chi connectivity index (χ1v) is 10.6. The normalized spacial score (nSPS) is 17.8. The molecule has 0 radical (unpaired) electrons. The van der Waals surface area contributed by atoms with Gasteiger partial charge in [-0.3, -0.25) is 9.59 Å². The van der Waals surface area contributed by atoms with E-state index in [1.165, 1.54) is 7.11 Å². The van der Waals surface area contributed by atoms with Crippen LogP contribution in [0.1, 0.15) is 49.4 Å². The minimum absolute atomic E-state index is 0.0950. The van der Waals surface area contributed by atoms with Gasteiger partial charge < -0.3 is 19.5 Å². The predicted molar refractivity (Wildman–Crippen MR) is 119 cm³/mol. The Morgan fingerprint density at radius 1 is 1.00 bits per heavy atom. The number of amides is 1. The lowest BCUT2D eigenvalue weighted by atomic mass is 9.94. The van der Waals surface area contributed by atoms with E-state index in [-0.39, 0.29) is 11.3 Å². The zero-order chi connectivity index (χ0) is 22.5. The first kappa shape index (κ1) is 22.4. The van der Waals surface area contributed by atoms with Gasteiger partial charge in [-0.15, -0.1) is 0 Å². The average Bonchev–Trinajstić information content (AvgIpc) is 3.06. The Hall–Kier alpha value is -3.28. The van der Waals surface area contributed by atoms with Gasteiger partial charge >= 0.3 is 0 Å². The summed E-state index contributed by atoms with van der Waals surface area (Å²) in [4.78, 5) is 27.4. The Balaban J connectivity index is 2.17. The monoisotopic (exact) mass is 423 g/mol. The van der Waals surface area contributed by atoms with E-state index in [0.717, 1.165) is 24.8 Å². The standard InChI is InChI=1S/C25H29NO5/c1-5-7-14-26-22(18-12-13-19(30-3)20(15-18)31-4)21(24(28)25(26)29)23(27)17-10-8-16(6-2)9-11-17/h8-13,15,22,27H,5-7,14H2,1-4H3/b23-21-. The fourth-order valence-corrected chi connectivity index (χ4v) is 3.86. The predicted octanol–water partition coefficient (Wildman–Crippen LogP) is 4.49. The number of ether oxygens (including phenoxy) is 2. The second kappa shape index (κ2) is 9.69. The lowest BCUT2D eigenvalue weighted by Gasteiger charge is -2.25. The molecule has 1 amide bonds. The van der Waals surface area contributed by atoms with Crippen molar-refractivity contribution in [2.45, 2.75) is 39.2 Å². The molecule has 3 rings (SSSR count). The Morgan fingerprint density at radius 3 is 2.26 bits per heavy atom. The second-order valence-electron chi connectivity index (χ2n) is 7.51. The summed E-state index contributed by atoms with van der Waals surface area (Å²) in [5.41, 5.74) is 2.41. The van der Waals surface area contributed by atoms with Gasteiger partial charge in [0.05, 0.1) is 25.8 Å². The molecule has 0 aliphatic carbocycles. The van der Waals surface area contributed by atoms with Gasteiger partial charge in [-0.2, -0.15) is 0 Å². The number of aliphatic hydroxyl groups excluding tert-OH is 1. The van der Waals surface area contributed by atoms with Crippen LogP contribution < -0.4 is 9.47 Å². The molecule has 6 nitrogen and oxygen atoms in total. The number of benzene rings is 2. The van der Waals surface area contributed by atoms with Crippen molar-refractivity contribution in [2.75, 3.05) is 20.8 Å². The Bertz CT molecular complexity index is 993. The van der Waals surface area contributed by atoms with Crippen molar-refractivity contribution >= 4 is 17.4 Å². The lowest BCUT2D eigenvalue weighted by Crippen LogP contribution is -2.30. The number of aliphatic hydroxyl groups is 1. The van der Waals surface area contributed by atoms with Crippen LogP contribution in [-0.2, 0) is 16.0 Å². The summed E-state index contributed by atoms with van der Waals surface area (Å²) in [5.74, 6) is -0.395. The van der Waals surface area contributed by atoms with Crippen LogP contribution in [0, 0.1) is 0 Å². The summed E-state index contributed by atoms with van der Waals surface area (Å²) in [7, 11) is 3.08. The molecule has 1 heterocycles. The van der Waals surface area contributed by atoms with Crippen molar-refractivity contribution in [2.24, 2.45) is 0 Å². The molecule has 0 aromatic heterocycles. The van der Waals surface area contributed by atoms with E-state index < -0.39 is 17.7 Å². The molecule has 1 fully saturated rings. The van der Waals surface area contributed by atoms with Crippen LogP contribution in [0.2, 0.25) is 0 Å². The highest BCUT2D eigenvalue weighted by atomic mass is 16.5. The Kier molecular flexibility index (Phi) is 7.00. The summed E-state index contributed by atoms with van der Waals surface area (Å²) >= 11 is 0. The molecule has 1 atom stereocenters. The van der Waals surface area contributed by atoms with Gasteiger partial charge in [0.2, 0.25) is 0 Å². The molecule has 1 N–H and O–H groups in total. The third-order valence-electron chi connectivity index (χ3n) is 5.65. The summed E-state index contributed by atoms with van der Waals surface area (Å²) in [6.07, 6.45) is 2.50. The van der Waals surface area contributed by atoms with Crippen molar-refractivity contribution < 1.29 is 24.2 Å². The fraction of sp³-hybridized carbons (Fsp3) is 0.360. The number of rotatable bonds is 8. The van der Waals surface area contributed by atoms with E-state index in [1.807, 2.05) is 26.0 Å². The Labute approximate surface area is 183 Å². The smallest absolute Gasteiger partial charge is 0.295 e. The molecule has 2 aromatic rings. The van der Waals surface area contributed by atoms with Gasteiger partial charge in [-0.05, 0) is 36.1 Å². The number of unbranched alkanes of at least 4 members (excludes halogenated alkanes) is 1.